The van der Waals surface area contributed by atoms with Crippen LogP contribution in [-0.2, 0) is 4.79 Å². The molecule has 4 rings (SSSR count). The molecular formula is C27H33F2N5O2. The third-order valence-corrected chi connectivity index (χ3v) is 7.12. The van der Waals surface area contributed by atoms with Crippen molar-refractivity contribution in [2.24, 2.45) is 5.92 Å². The van der Waals surface area contributed by atoms with Crippen LogP contribution >= 0.6 is 0 Å². The van der Waals surface area contributed by atoms with Crippen molar-refractivity contribution in [3.8, 4) is 0 Å². The number of amides is 1. The van der Waals surface area contributed by atoms with Crippen LogP contribution in [0.4, 0.5) is 14.6 Å². The maximum Gasteiger partial charge on any atom is 0.253 e. The predicted octanol–water partition coefficient (Wildman–Crippen LogP) is 5.33. The van der Waals surface area contributed by atoms with E-state index in [-0.39, 0.29) is 28.9 Å². The van der Waals surface area contributed by atoms with Gasteiger partial charge in [0.25, 0.3) is 5.56 Å². The maximum atomic E-state index is 15.0. The minimum absolute atomic E-state index is 0.0137. The van der Waals surface area contributed by atoms with Gasteiger partial charge in [-0.15, -0.1) is 0 Å². The minimum Gasteiger partial charge on any atom is -0.363 e. The van der Waals surface area contributed by atoms with Gasteiger partial charge in [0.1, 0.15) is 29.3 Å². The van der Waals surface area contributed by atoms with Crippen LogP contribution in [0.3, 0.4) is 0 Å². The van der Waals surface area contributed by atoms with Gasteiger partial charge < -0.3 is 15.2 Å². The minimum atomic E-state index is -1.42. The number of hydrogen-bond donors (Lipinski definition) is 2. The fraction of sp³-hybridized carbons (Fsp3) is 0.481. The van der Waals surface area contributed by atoms with Gasteiger partial charge in [-0.1, -0.05) is 18.2 Å². The van der Waals surface area contributed by atoms with Gasteiger partial charge in [0.15, 0.2) is 0 Å². The van der Waals surface area contributed by atoms with Crippen LogP contribution in [0.5, 0.6) is 0 Å². The summed E-state index contributed by atoms with van der Waals surface area (Å²) in [5, 5.41) is 3.88. The Hall–Kier alpha value is -3.36. The Morgan fingerprint density at radius 3 is 2.44 bits per heavy atom. The number of aromatic amines is 1. The van der Waals surface area contributed by atoms with Gasteiger partial charge in [-0.05, 0) is 58.4 Å². The summed E-state index contributed by atoms with van der Waals surface area (Å²) in [7, 11) is 3.53. The zero-order chi connectivity index (χ0) is 26.1. The van der Waals surface area contributed by atoms with Crippen LogP contribution in [0.25, 0.3) is 11.0 Å². The summed E-state index contributed by atoms with van der Waals surface area (Å²) >= 11 is 0. The second kappa shape index (κ2) is 10.3. The molecule has 0 bridgehead atoms. The fourth-order valence-electron chi connectivity index (χ4n) is 5.14. The Balaban J connectivity index is 1.66. The summed E-state index contributed by atoms with van der Waals surface area (Å²) in [5.41, 5.74) is 1.18. The smallest absolute Gasteiger partial charge is 0.253 e. The first-order valence-corrected chi connectivity index (χ1v) is 12.4. The standard InChI is InChI=1S/C27H33F2N5O2/c1-14(28)19-7-6-8-20(23(19)29)15(2)30-24-22-13-21(26(35)33-25(22)32-16(3)31-24)17-9-11-18(12-10-17)27(36)34(4)5/h6-8,13-15,17-18H,9-12H2,1-5H3,(H2,30,31,32,33,35)/t14?,15-,17?,18?/m1/s1. The number of anilines is 1. The molecular weight excluding hydrogens is 464 g/mol. The van der Waals surface area contributed by atoms with Crippen molar-refractivity contribution in [2.75, 3.05) is 19.4 Å². The van der Waals surface area contributed by atoms with Crippen molar-refractivity contribution in [1.82, 2.24) is 19.9 Å². The number of H-pyrrole nitrogens is 1. The van der Waals surface area contributed by atoms with E-state index in [9.17, 15) is 18.4 Å². The number of nitrogens with one attached hydrogen (secondary N) is 2. The van der Waals surface area contributed by atoms with E-state index in [0.29, 0.717) is 33.8 Å². The summed E-state index contributed by atoms with van der Waals surface area (Å²) in [5.74, 6) is 0.477. The average Bonchev–Trinajstić information content (AvgIpc) is 2.83. The monoisotopic (exact) mass is 497 g/mol. The second-order valence-corrected chi connectivity index (χ2v) is 9.95. The molecule has 2 heterocycles. The molecule has 0 aliphatic heterocycles. The molecule has 2 aromatic heterocycles. The van der Waals surface area contributed by atoms with Gasteiger partial charge in [0.2, 0.25) is 5.91 Å². The first-order chi connectivity index (χ1) is 17.1. The van der Waals surface area contributed by atoms with Gasteiger partial charge in [-0.3, -0.25) is 9.59 Å². The highest BCUT2D eigenvalue weighted by atomic mass is 19.1. The Bertz CT molecular complexity index is 1330. The molecule has 1 unspecified atom stereocenters. The van der Waals surface area contributed by atoms with Crippen molar-refractivity contribution >= 4 is 22.8 Å². The Morgan fingerprint density at radius 1 is 1.14 bits per heavy atom. The topological polar surface area (TPSA) is 91.0 Å². The zero-order valence-corrected chi connectivity index (χ0v) is 21.4. The Labute approximate surface area is 209 Å². The van der Waals surface area contributed by atoms with Crippen LogP contribution in [0.1, 0.15) is 80.2 Å². The number of pyridine rings is 1. The van der Waals surface area contributed by atoms with Crippen LogP contribution in [0.2, 0.25) is 0 Å². The number of benzene rings is 1. The fourth-order valence-corrected chi connectivity index (χ4v) is 5.14. The molecule has 1 aliphatic carbocycles. The SMILES string of the molecule is Cc1nc(N[C@H](C)c2cccc(C(C)F)c2F)c2cc(C3CCC(C(=O)N(C)C)CC3)c(=O)[nH]c2n1. The van der Waals surface area contributed by atoms with Crippen molar-refractivity contribution in [1.29, 1.82) is 0 Å². The molecule has 0 radical (unpaired) electrons. The van der Waals surface area contributed by atoms with Crippen molar-refractivity contribution < 1.29 is 13.6 Å². The number of hydrogen-bond acceptors (Lipinski definition) is 5. The molecule has 1 aliphatic rings. The summed E-state index contributed by atoms with van der Waals surface area (Å²) in [6, 6.07) is 6.01. The van der Waals surface area contributed by atoms with Crippen molar-refractivity contribution in [2.45, 2.75) is 64.6 Å². The number of nitrogens with zero attached hydrogens (tertiary/aromatic N) is 3. The maximum absolute atomic E-state index is 15.0. The van der Waals surface area contributed by atoms with E-state index in [4.69, 9.17) is 0 Å². The number of carbonyl (C=O) groups excluding carboxylic acids is 1. The molecule has 192 valence electrons. The lowest BCUT2D eigenvalue weighted by atomic mass is 9.78. The third kappa shape index (κ3) is 5.10. The van der Waals surface area contributed by atoms with Gasteiger partial charge in [-0.2, -0.15) is 0 Å². The summed E-state index contributed by atoms with van der Waals surface area (Å²) in [4.78, 5) is 38.8. The Morgan fingerprint density at radius 2 is 1.81 bits per heavy atom. The van der Waals surface area contributed by atoms with Crippen molar-refractivity contribution in [3.63, 3.8) is 0 Å². The summed E-state index contributed by atoms with van der Waals surface area (Å²) in [6.07, 6.45) is 1.52. The number of fused-ring (bicyclic) bond motifs is 1. The highest BCUT2D eigenvalue weighted by Crippen LogP contribution is 2.36. The van der Waals surface area contributed by atoms with Gasteiger partial charge >= 0.3 is 0 Å². The molecule has 7 nitrogen and oxygen atoms in total. The quantitative estimate of drug-likeness (QED) is 0.480. The van der Waals surface area contributed by atoms with E-state index in [0.717, 1.165) is 25.7 Å². The van der Waals surface area contributed by atoms with E-state index in [1.54, 1.807) is 45.0 Å². The van der Waals surface area contributed by atoms with Crippen LogP contribution < -0.4 is 10.9 Å². The predicted molar refractivity (Wildman–Crippen MR) is 136 cm³/mol. The number of carbonyl (C=O) groups is 1. The van der Waals surface area contributed by atoms with E-state index in [1.807, 2.05) is 6.07 Å². The highest BCUT2D eigenvalue weighted by molar-refractivity contribution is 5.87. The van der Waals surface area contributed by atoms with Gasteiger partial charge in [-0.25, -0.2) is 18.7 Å². The first kappa shape index (κ1) is 25.7. The molecule has 2 atom stereocenters. The molecule has 1 aromatic carbocycles. The number of aromatic nitrogens is 3. The van der Waals surface area contributed by atoms with Gasteiger partial charge in [0, 0.05) is 36.7 Å². The molecule has 3 aromatic rings. The summed E-state index contributed by atoms with van der Waals surface area (Å²) < 4.78 is 28.8. The number of halogens is 2. The second-order valence-electron chi connectivity index (χ2n) is 9.95. The van der Waals surface area contributed by atoms with Gasteiger partial charge in [0.05, 0.1) is 11.4 Å². The number of alkyl halides is 1. The lowest BCUT2D eigenvalue weighted by Gasteiger charge is -2.29. The number of aryl methyl sites for hydroxylation is 1. The van der Waals surface area contributed by atoms with Crippen LogP contribution in [-0.4, -0.2) is 39.9 Å². The molecule has 1 fully saturated rings. The van der Waals surface area contributed by atoms with E-state index in [2.05, 4.69) is 20.3 Å². The zero-order valence-electron chi connectivity index (χ0n) is 21.4. The molecule has 1 amide bonds. The van der Waals surface area contributed by atoms with E-state index < -0.39 is 18.0 Å². The first-order valence-electron chi connectivity index (χ1n) is 12.4. The van der Waals surface area contributed by atoms with Crippen LogP contribution in [0, 0.1) is 18.7 Å². The third-order valence-electron chi connectivity index (χ3n) is 7.12. The summed E-state index contributed by atoms with van der Waals surface area (Å²) in [6.45, 7) is 4.81. The molecule has 1 saturated carbocycles. The number of rotatable bonds is 6. The van der Waals surface area contributed by atoms with E-state index >= 15 is 0 Å². The highest BCUT2D eigenvalue weighted by Gasteiger charge is 2.29. The van der Waals surface area contributed by atoms with Crippen LogP contribution in [0.15, 0.2) is 29.1 Å². The molecule has 0 saturated heterocycles. The molecule has 2 N–H and O–H groups in total. The van der Waals surface area contributed by atoms with E-state index in [1.165, 1.54) is 13.0 Å². The molecule has 36 heavy (non-hydrogen) atoms. The molecule has 9 heteroatoms. The lowest BCUT2D eigenvalue weighted by molar-refractivity contribution is -0.134. The lowest BCUT2D eigenvalue weighted by Crippen LogP contribution is -2.32. The average molecular weight is 498 g/mol. The largest absolute Gasteiger partial charge is 0.363 e. The Kier molecular flexibility index (Phi) is 7.38. The molecule has 0 spiro atoms. The normalized spacial score (nSPS) is 19.6. The van der Waals surface area contributed by atoms with Crippen molar-refractivity contribution in [3.05, 3.63) is 63.0 Å².